The molecule has 0 atom stereocenters. The van der Waals surface area contributed by atoms with Gasteiger partial charge in [-0.3, -0.25) is 12.9 Å². The van der Waals surface area contributed by atoms with E-state index in [1.165, 1.54) is 0 Å². The molecule has 0 bridgehead atoms. The molecule has 0 aliphatic rings. The van der Waals surface area contributed by atoms with Crippen LogP contribution in [0.2, 0.25) is 0 Å². The van der Waals surface area contributed by atoms with Gasteiger partial charge in [0.25, 0.3) is 0 Å². The van der Waals surface area contributed by atoms with Gasteiger partial charge in [-0.1, -0.05) is 3.69 Å². The fourth-order valence-corrected chi connectivity index (χ4v) is 2.97. The van der Waals surface area contributed by atoms with Crippen LogP contribution in [0.3, 0.4) is 0 Å². The molecule has 0 radical (unpaired) electrons. The fraction of sp³-hybridized carbons (Fsp3) is 0.143. The summed E-state index contributed by atoms with van der Waals surface area (Å²) in [5, 5.41) is 0. The zero-order chi connectivity index (χ0) is 10.0. The molecule has 0 unspecified atom stereocenters. The summed E-state index contributed by atoms with van der Waals surface area (Å²) in [6, 6.07) is 0.630. The predicted molar refractivity (Wildman–Crippen MR) is 47.2 cm³/mol. The Morgan fingerprint density at radius 3 is 2.38 bits per heavy atom. The number of rotatable bonds is 2. The molecule has 1 aromatic rings. The number of hydrogen-bond donors (Lipinski definition) is 0. The predicted octanol–water partition coefficient (Wildman–Crippen LogP) is 1.75. The van der Waals surface area contributed by atoms with Crippen molar-refractivity contribution in [3.8, 4) is 5.75 Å². The molecule has 6 heteroatoms. The van der Waals surface area contributed by atoms with E-state index in [2.05, 4.69) is 17.6 Å². The van der Waals surface area contributed by atoms with Gasteiger partial charge < -0.3 is 4.74 Å². The Bertz CT molecular complexity index is 304. The van der Waals surface area contributed by atoms with Gasteiger partial charge in [0.2, 0.25) is 0 Å². The molecule has 0 aliphatic carbocycles. The molecule has 68 valence electrons. The summed E-state index contributed by atoms with van der Waals surface area (Å²) in [5.41, 5.74) is 0. The van der Waals surface area contributed by atoms with Gasteiger partial charge in [0.05, 0.1) is 7.11 Å². The van der Waals surface area contributed by atoms with Crippen LogP contribution in [0.15, 0.2) is 6.07 Å². The summed E-state index contributed by atoms with van der Waals surface area (Å²) >= 11 is 1.83. The Morgan fingerprint density at radius 2 is 1.92 bits per heavy atom. The largest absolute Gasteiger partial charge is 0.516 e. The molecule has 0 N–H and O–H groups in total. The van der Waals surface area contributed by atoms with E-state index in [0.717, 1.165) is 7.11 Å². The zero-order valence-corrected chi connectivity index (χ0v) is 9.70. The van der Waals surface area contributed by atoms with Gasteiger partial charge >= 0.3 is 18.2 Å². The lowest BCUT2D eigenvalue weighted by atomic mass is 10.3. The second-order valence-corrected chi connectivity index (χ2v) is 4.96. The SMILES string of the molecule is COc1c(F)cc(F)[c]([Mg][Br])c1F. The Hall–Kier alpha value is 0.0562. The first-order chi connectivity index (χ1) is 6.11. The maximum absolute atomic E-state index is 13.2. The summed E-state index contributed by atoms with van der Waals surface area (Å²) in [5.74, 6) is -3.34. The van der Waals surface area contributed by atoms with Crippen molar-refractivity contribution in [2.75, 3.05) is 7.11 Å². The monoisotopic (exact) mass is 264 g/mol. The smallest absolute Gasteiger partial charge is 0.491 e. The average Bonchev–Trinajstić information content (AvgIpc) is 2.04. The van der Waals surface area contributed by atoms with Crippen LogP contribution in [0.1, 0.15) is 0 Å². The standard InChI is InChI=1S/C7H4F3O.BrH.Mg/c1-11-7-5(9)2-4(8)3-6(7)10;;/h2H,1H3;1H;/q;;+1/p-1. The summed E-state index contributed by atoms with van der Waals surface area (Å²) in [6.07, 6.45) is 0. The van der Waals surface area contributed by atoms with Gasteiger partial charge in [0, 0.05) is 6.07 Å². The van der Waals surface area contributed by atoms with Crippen LogP contribution < -0.4 is 8.43 Å². The lowest BCUT2D eigenvalue weighted by Crippen LogP contribution is -2.20. The molecule has 0 heterocycles. The van der Waals surface area contributed by atoms with Crippen LogP contribution in [0, 0.1) is 17.5 Å². The Kier molecular flexibility index (Phi) is 3.87. The maximum atomic E-state index is 13.2. The van der Waals surface area contributed by atoms with Gasteiger partial charge in [-0.25, -0.2) is 13.2 Å². The maximum Gasteiger partial charge on any atom is 0.516 e. The third-order valence-corrected chi connectivity index (χ3v) is 4.16. The van der Waals surface area contributed by atoms with Crippen molar-refractivity contribution in [3.63, 3.8) is 0 Å². The molecule has 0 saturated heterocycles. The van der Waals surface area contributed by atoms with E-state index in [0.29, 0.717) is 6.07 Å². The topological polar surface area (TPSA) is 9.23 Å². The highest BCUT2D eigenvalue weighted by molar-refractivity contribution is 9.23. The summed E-state index contributed by atoms with van der Waals surface area (Å²) < 4.78 is 43.3. The van der Waals surface area contributed by atoms with E-state index in [9.17, 15) is 13.2 Å². The molecule has 0 aliphatic heterocycles. The molecule has 0 spiro atoms. The average molecular weight is 265 g/mol. The van der Waals surface area contributed by atoms with Gasteiger partial charge in [-0.15, -0.1) is 0 Å². The molecule has 0 saturated carbocycles. The van der Waals surface area contributed by atoms with Crippen molar-refractivity contribution in [2.45, 2.75) is 0 Å². The van der Waals surface area contributed by atoms with Crippen molar-refractivity contribution >= 4 is 34.8 Å². The number of halogens is 4. The lowest BCUT2D eigenvalue weighted by molar-refractivity contribution is 0.358. The van der Waals surface area contributed by atoms with E-state index >= 15 is 0 Å². The zero-order valence-electron chi connectivity index (χ0n) is 6.70. The third kappa shape index (κ3) is 2.11. The molecule has 0 fully saturated rings. The van der Waals surface area contributed by atoms with Crippen molar-refractivity contribution in [1.82, 2.24) is 0 Å². The number of hydrogen-bond acceptors (Lipinski definition) is 1. The van der Waals surface area contributed by atoms with Gasteiger partial charge in [-0.2, -0.15) is 0 Å². The first-order valence-corrected chi connectivity index (χ1v) is 7.98. The molecular weight excluding hydrogens is 261 g/mol. The number of ether oxygens (including phenoxy) is 1. The van der Waals surface area contributed by atoms with Crippen LogP contribution >= 0.6 is 12.9 Å². The van der Waals surface area contributed by atoms with Crippen LogP contribution in [0.5, 0.6) is 5.75 Å². The third-order valence-electron chi connectivity index (χ3n) is 1.56. The molecule has 1 nitrogen and oxygen atoms in total. The normalized spacial score (nSPS) is 9.62. The molecule has 1 rings (SSSR count). The first kappa shape index (κ1) is 11.1. The number of benzene rings is 1. The van der Waals surface area contributed by atoms with Crippen molar-refractivity contribution in [2.24, 2.45) is 0 Å². The molecule has 1 aromatic carbocycles. The highest BCUT2D eigenvalue weighted by atomic mass is 79.9. The highest BCUT2D eigenvalue weighted by Gasteiger charge is 2.18. The summed E-state index contributed by atoms with van der Waals surface area (Å²) in [4.78, 5) is 0. The minimum absolute atomic E-state index is 0.0988. The Morgan fingerprint density at radius 1 is 1.31 bits per heavy atom. The van der Waals surface area contributed by atoms with E-state index < -0.39 is 41.4 Å². The minimum atomic E-state index is -1.20. The highest BCUT2D eigenvalue weighted by Crippen LogP contribution is 2.20. The van der Waals surface area contributed by atoms with Gasteiger partial charge in [0.1, 0.15) is 11.6 Å². The van der Waals surface area contributed by atoms with Crippen molar-refractivity contribution < 1.29 is 17.9 Å². The van der Waals surface area contributed by atoms with Gasteiger partial charge in [-0.05, 0) is 0 Å². The van der Waals surface area contributed by atoms with Gasteiger partial charge in [0.15, 0.2) is 11.6 Å². The quantitative estimate of drug-likeness (QED) is 0.740. The summed E-state index contributed by atoms with van der Waals surface area (Å²) in [6.45, 7) is 0. The fourth-order valence-electron chi connectivity index (χ4n) is 0.920. The van der Waals surface area contributed by atoms with E-state index in [1.54, 1.807) is 0 Å². The molecular formula is C7H4BrF3MgO. The number of methoxy groups -OCH3 is 1. The second kappa shape index (κ2) is 4.52. The first-order valence-electron chi connectivity index (χ1n) is 3.38. The van der Waals surface area contributed by atoms with E-state index in [4.69, 9.17) is 0 Å². The van der Waals surface area contributed by atoms with Crippen LogP contribution in [-0.4, -0.2) is 25.3 Å². The lowest BCUT2D eigenvalue weighted by Gasteiger charge is -2.07. The van der Waals surface area contributed by atoms with Crippen molar-refractivity contribution in [1.29, 1.82) is 0 Å². The molecule has 13 heavy (non-hydrogen) atoms. The van der Waals surface area contributed by atoms with Crippen LogP contribution in [0.4, 0.5) is 13.2 Å². The van der Waals surface area contributed by atoms with Crippen molar-refractivity contribution in [3.05, 3.63) is 23.5 Å². The molecule has 0 aromatic heterocycles. The minimum Gasteiger partial charge on any atom is -0.491 e. The molecule has 0 amide bonds. The van der Waals surface area contributed by atoms with Crippen LogP contribution in [-0.2, 0) is 0 Å². The summed E-state index contributed by atoms with van der Waals surface area (Å²) in [7, 11) is 1.14. The Balaban J connectivity index is 3.39. The second-order valence-electron chi connectivity index (χ2n) is 2.30. The van der Waals surface area contributed by atoms with E-state index in [-0.39, 0.29) is 3.69 Å². The Labute approximate surface area is 88.9 Å². The van der Waals surface area contributed by atoms with Crippen LogP contribution in [0.25, 0.3) is 0 Å². The van der Waals surface area contributed by atoms with E-state index in [1.807, 2.05) is 0 Å².